The molecule has 3 nitrogen and oxygen atoms in total. The Bertz CT molecular complexity index is 552. The molecule has 1 aromatic rings. The Morgan fingerprint density at radius 1 is 1.21 bits per heavy atom. The van der Waals surface area contributed by atoms with E-state index in [0.717, 1.165) is 56.1 Å². The van der Waals surface area contributed by atoms with Gasteiger partial charge in [0.15, 0.2) is 0 Å². The molecule has 3 rings (SSSR count). The van der Waals surface area contributed by atoms with E-state index in [1.807, 2.05) is 13.1 Å². The molecule has 5 heteroatoms. The Morgan fingerprint density at radius 3 is 2.46 bits per heavy atom. The quantitative estimate of drug-likeness (QED) is 0.799. The molecule has 1 aliphatic heterocycles. The molecule has 24 heavy (non-hydrogen) atoms. The molecule has 0 radical (unpaired) electrons. The van der Waals surface area contributed by atoms with Crippen molar-refractivity contribution in [3.8, 4) is 0 Å². The van der Waals surface area contributed by atoms with Gasteiger partial charge in [-0.15, -0.1) is 12.4 Å². The number of rotatable bonds is 3. The molecule has 1 saturated heterocycles. The standard InChI is InChI=1S/C19H27BrN2O.ClH/c1-21-17-8-12-22(13-9-17)18(23)19(10-3-2-4-11-19)15-6-5-7-16(20)14-15;/h5-7,14,17,21H,2-4,8-13H2,1H3;1H. The van der Waals surface area contributed by atoms with Gasteiger partial charge in [-0.3, -0.25) is 4.79 Å². The van der Waals surface area contributed by atoms with Gasteiger partial charge in [-0.2, -0.15) is 0 Å². The van der Waals surface area contributed by atoms with E-state index < -0.39 is 0 Å². The van der Waals surface area contributed by atoms with Crippen molar-refractivity contribution >= 4 is 34.2 Å². The van der Waals surface area contributed by atoms with E-state index in [9.17, 15) is 4.79 Å². The summed E-state index contributed by atoms with van der Waals surface area (Å²) in [4.78, 5) is 15.6. The van der Waals surface area contributed by atoms with Gasteiger partial charge in [0.05, 0.1) is 5.41 Å². The van der Waals surface area contributed by atoms with Crippen LogP contribution in [0.2, 0.25) is 0 Å². The number of amides is 1. The summed E-state index contributed by atoms with van der Waals surface area (Å²) in [6.07, 6.45) is 7.69. The number of piperidine rings is 1. The molecule has 1 N–H and O–H groups in total. The molecule has 1 amide bonds. The fourth-order valence-corrected chi connectivity index (χ4v) is 4.64. The zero-order valence-corrected chi connectivity index (χ0v) is 16.8. The SMILES string of the molecule is CNC1CCN(C(=O)C2(c3cccc(Br)c3)CCCCC2)CC1.Cl. The highest BCUT2D eigenvalue weighted by Gasteiger charge is 2.44. The van der Waals surface area contributed by atoms with Crippen LogP contribution in [0.3, 0.4) is 0 Å². The lowest BCUT2D eigenvalue weighted by Gasteiger charge is -2.42. The molecule has 2 fully saturated rings. The summed E-state index contributed by atoms with van der Waals surface area (Å²) in [5, 5.41) is 3.35. The van der Waals surface area contributed by atoms with Gasteiger partial charge in [-0.1, -0.05) is 47.3 Å². The lowest BCUT2D eigenvalue weighted by molar-refractivity contribution is -0.140. The van der Waals surface area contributed by atoms with Crippen molar-refractivity contribution in [2.24, 2.45) is 0 Å². The van der Waals surface area contributed by atoms with Crippen LogP contribution in [0.1, 0.15) is 50.5 Å². The van der Waals surface area contributed by atoms with Gasteiger partial charge < -0.3 is 10.2 Å². The second-order valence-electron chi connectivity index (χ2n) is 7.01. The molecule has 0 spiro atoms. The number of hydrogen-bond acceptors (Lipinski definition) is 2. The number of nitrogens with one attached hydrogen (secondary N) is 1. The fourth-order valence-electron chi connectivity index (χ4n) is 4.24. The first-order valence-corrected chi connectivity index (χ1v) is 9.68. The van der Waals surface area contributed by atoms with E-state index in [4.69, 9.17) is 0 Å². The minimum Gasteiger partial charge on any atom is -0.342 e. The van der Waals surface area contributed by atoms with Gasteiger partial charge in [-0.25, -0.2) is 0 Å². The van der Waals surface area contributed by atoms with E-state index in [2.05, 4.69) is 44.3 Å². The second-order valence-corrected chi connectivity index (χ2v) is 7.92. The highest BCUT2D eigenvalue weighted by Crippen LogP contribution is 2.42. The van der Waals surface area contributed by atoms with Crippen molar-refractivity contribution in [1.82, 2.24) is 10.2 Å². The van der Waals surface area contributed by atoms with Gasteiger partial charge in [-0.05, 0) is 50.4 Å². The van der Waals surface area contributed by atoms with Crippen LogP contribution in [0.15, 0.2) is 28.7 Å². The summed E-state index contributed by atoms with van der Waals surface area (Å²) >= 11 is 3.58. The molecule has 1 heterocycles. The van der Waals surface area contributed by atoms with E-state index >= 15 is 0 Å². The van der Waals surface area contributed by atoms with Crippen LogP contribution in [-0.4, -0.2) is 37.0 Å². The van der Waals surface area contributed by atoms with Crippen molar-refractivity contribution in [2.75, 3.05) is 20.1 Å². The van der Waals surface area contributed by atoms with Crippen LogP contribution >= 0.6 is 28.3 Å². The molecule has 1 saturated carbocycles. The first kappa shape index (κ1) is 19.7. The van der Waals surface area contributed by atoms with Crippen molar-refractivity contribution in [3.05, 3.63) is 34.3 Å². The van der Waals surface area contributed by atoms with Gasteiger partial charge >= 0.3 is 0 Å². The van der Waals surface area contributed by atoms with Crippen LogP contribution in [0.4, 0.5) is 0 Å². The van der Waals surface area contributed by atoms with Gasteiger partial charge in [0.1, 0.15) is 0 Å². The zero-order valence-electron chi connectivity index (χ0n) is 14.4. The molecule has 0 atom stereocenters. The third-order valence-electron chi connectivity index (χ3n) is 5.68. The average molecular weight is 416 g/mol. The largest absolute Gasteiger partial charge is 0.342 e. The first-order chi connectivity index (χ1) is 11.2. The Hall–Kier alpha value is -0.580. The molecule has 0 bridgehead atoms. The third kappa shape index (κ3) is 3.97. The fraction of sp³-hybridized carbons (Fsp3) is 0.632. The molecule has 134 valence electrons. The van der Waals surface area contributed by atoms with Gasteiger partial charge in [0.2, 0.25) is 5.91 Å². The lowest BCUT2D eigenvalue weighted by Crippen LogP contribution is -2.52. The predicted molar refractivity (Wildman–Crippen MR) is 105 cm³/mol. The van der Waals surface area contributed by atoms with Crippen LogP contribution in [0.5, 0.6) is 0 Å². The Labute approximate surface area is 160 Å². The number of carbonyl (C=O) groups is 1. The number of carbonyl (C=O) groups excluding carboxylic acids is 1. The summed E-state index contributed by atoms with van der Waals surface area (Å²) < 4.78 is 1.07. The molecule has 2 aliphatic rings. The van der Waals surface area contributed by atoms with Crippen molar-refractivity contribution in [3.63, 3.8) is 0 Å². The number of halogens is 2. The van der Waals surface area contributed by atoms with Crippen LogP contribution in [0, 0.1) is 0 Å². The van der Waals surface area contributed by atoms with E-state index in [-0.39, 0.29) is 17.8 Å². The summed E-state index contributed by atoms with van der Waals surface area (Å²) in [6.45, 7) is 1.78. The van der Waals surface area contributed by atoms with Crippen LogP contribution < -0.4 is 5.32 Å². The van der Waals surface area contributed by atoms with Gasteiger partial charge in [0.25, 0.3) is 0 Å². The Kier molecular flexibility index (Phi) is 7.14. The number of likely N-dealkylation sites (tertiary alicyclic amines) is 1. The summed E-state index contributed by atoms with van der Waals surface area (Å²) in [5.74, 6) is 0.366. The maximum atomic E-state index is 13.5. The van der Waals surface area contributed by atoms with E-state index in [1.54, 1.807) is 0 Å². The minimum atomic E-state index is -0.297. The minimum absolute atomic E-state index is 0. The monoisotopic (exact) mass is 414 g/mol. The number of nitrogens with zero attached hydrogens (tertiary/aromatic N) is 1. The normalized spacial score (nSPS) is 21.2. The van der Waals surface area contributed by atoms with Gasteiger partial charge in [0, 0.05) is 23.6 Å². The topological polar surface area (TPSA) is 32.3 Å². The molecule has 0 unspecified atom stereocenters. The highest BCUT2D eigenvalue weighted by molar-refractivity contribution is 9.10. The molecular formula is C19H28BrClN2O. The molecule has 0 aromatic heterocycles. The van der Waals surface area contributed by atoms with Crippen molar-refractivity contribution in [2.45, 2.75) is 56.4 Å². The molecule has 1 aromatic carbocycles. The van der Waals surface area contributed by atoms with Crippen molar-refractivity contribution < 1.29 is 4.79 Å². The Morgan fingerprint density at radius 2 is 1.88 bits per heavy atom. The third-order valence-corrected chi connectivity index (χ3v) is 6.18. The second kappa shape index (κ2) is 8.68. The maximum Gasteiger partial charge on any atom is 0.233 e. The summed E-state index contributed by atoms with van der Waals surface area (Å²) in [7, 11) is 2.02. The average Bonchev–Trinajstić information content (AvgIpc) is 2.62. The molecule has 1 aliphatic carbocycles. The number of benzene rings is 1. The zero-order chi connectivity index (χ0) is 16.3. The van der Waals surface area contributed by atoms with Crippen LogP contribution in [0.25, 0.3) is 0 Å². The van der Waals surface area contributed by atoms with E-state index in [1.165, 1.54) is 12.0 Å². The van der Waals surface area contributed by atoms with Crippen molar-refractivity contribution in [1.29, 1.82) is 0 Å². The number of hydrogen-bond donors (Lipinski definition) is 1. The van der Waals surface area contributed by atoms with E-state index in [0.29, 0.717) is 11.9 Å². The summed E-state index contributed by atoms with van der Waals surface area (Å²) in [6, 6.07) is 8.98. The first-order valence-electron chi connectivity index (χ1n) is 8.88. The Balaban J connectivity index is 0.00000208. The smallest absolute Gasteiger partial charge is 0.233 e. The van der Waals surface area contributed by atoms with Crippen LogP contribution in [-0.2, 0) is 10.2 Å². The molecular weight excluding hydrogens is 388 g/mol. The summed E-state index contributed by atoms with van der Waals surface area (Å²) in [5.41, 5.74) is 0.904. The highest BCUT2D eigenvalue weighted by atomic mass is 79.9. The predicted octanol–water partition coefficient (Wildman–Crippen LogP) is 4.28. The lowest BCUT2D eigenvalue weighted by atomic mass is 9.68. The maximum absolute atomic E-state index is 13.5.